The third-order valence-corrected chi connectivity index (χ3v) is 6.05. The molecule has 10 nitrogen and oxygen atoms in total. The number of carbonyl (C=O) groups is 4. The van der Waals surface area contributed by atoms with Crippen LogP contribution >= 0.6 is 0 Å². The van der Waals surface area contributed by atoms with E-state index >= 15 is 0 Å². The first-order valence-corrected chi connectivity index (χ1v) is 12.0. The SMILES string of the molecule is CCC(C)C(N)C(=O)NC(C(=O)NC(Cc1ccc(O)cc1)C(=O)NC(C(=O)O)C(C)C)C(C)C. The number of aromatic hydroxyl groups is 1. The van der Waals surface area contributed by atoms with Gasteiger partial charge >= 0.3 is 5.97 Å². The zero-order valence-electron chi connectivity index (χ0n) is 21.4. The Morgan fingerprint density at radius 2 is 1.34 bits per heavy atom. The molecule has 1 aromatic carbocycles. The molecule has 0 radical (unpaired) electrons. The van der Waals surface area contributed by atoms with Crippen LogP contribution in [-0.2, 0) is 25.6 Å². The lowest BCUT2D eigenvalue weighted by atomic mass is 9.97. The predicted molar refractivity (Wildman–Crippen MR) is 132 cm³/mol. The van der Waals surface area contributed by atoms with E-state index in [1.54, 1.807) is 39.8 Å². The molecule has 0 saturated heterocycles. The van der Waals surface area contributed by atoms with E-state index in [1.165, 1.54) is 12.1 Å². The van der Waals surface area contributed by atoms with Crippen molar-refractivity contribution >= 4 is 23.7 Å². The maximum atomic E-state index is 13.2. The molecule has 0 heterocycles. The fraction of sp³-hybridized carbons (Fsp3) is 0.600. The Morgan fingerprint density at radius 1 is 0.829 bits per heavy atom. The summed E-state index contributed by atoms with van der Waals surface area (Å²) in [6.45, 7) is 10.6. The summed E-state index contributed by atoms with van der Waals surface area (Å²) in [6, 6.07) is 2.12. The number of hydrogen-bond donors (Lipinski definition) is 6. The normalized spacial score (nSPS) is 15.6. The Kier molecular flexibility index (Phi) is 11.7. The average molecular weight is 493 g/mol. The molecule has 0 aromatic heterocycles. The van der Waals surface area contributed by atoms with Gasteiger partial charge in [0.1, 0.15) is 23.9 Å². The van der Waals surface area contributed by atoms with Gasteiger partial charge in [-0.1, -0.05) is 60.1 Å². The van der Waals surface area contributed by atoms with Crippen molar-refractivity contribution in [3.8, 4) is 5.75 Å². The van der Waals surface area contributed by atoms with Crippen LogP contribution < -0.4 is 21.7 Å². The average Bonchev–Trinajstić information content (AvgIpc) is 2.79. The van der Waals surface area contributed by atoms with E-state index in [2.05, 4.69) is 16.0 Å². The quantitative estimate of drug-likeness (QED) is 0.240. The maximum absolute atomic E-state index is 13.2. The second-order valence-electron chi connectivity index (χ2n) is 9.64. The molecule has 3 amide bonds. The van der Waals surface area contributed by atoms with E-state index in [-0.39, 0.29) is 29.9 Å². The molecule has 5 atom stereocenters. The van der Waals surface area contributed by atoms with E-state index in [0.29, 0.717) is 12.0 Å². The van der Waals surface area contributed by atoms with Gasteiger partial charge in [-0.05, 0) is 35.4 Å². The summed E-state index contributed by atoms with van der Waals surface area (Å²) in [5, 5.41) is 26.9. The molecule has 10 heteroatoms. The minimum Gasteiger partial charge on any atom is -0.508 e. The molecule has 196 valence electrons. The minimum atomic E-state index is -1.19. The zero-order chi connectivity index (χ0) is 26.9. The summed E-state index contributed by atoms with van der Waals surface area (Å²) in [6.07, 6.45) is 0.746. The van der Waals surface area contributed by atoms with Gasteiger partial charge in [0, 0.05) is 6.42 Å². The van der Waals surface area contributed by atoms with Gasteiger partial charge in [0.2, 0.25) is 17.7 Å². The fourth-order valence-electron chi connectivity index (χ4n) is 3.40. The number of carboxylic acid groups (broad SMARTS) is 1. The van der Waals surface area contributed by atoms with Crippen molar-refractivity contribution in [3.05, 3.63) is 29.8 Å². The van der Waals surface area contributed by atoms with Crippen LogP contribution in [0.4, 0.5) is 0 Å². The van der Waals surface area contributed by atoms with Crippen LogP contribution in [-0.4, -0.2) is 58.1 Å². The van der Waals surface area contributed by atoms with Gasteiger partial charge in [0.05, 0.1) is 6.04 Å². The summed E-state index contributed by atoms with van der Waals surface area (Å²) in [5.41, 5.74) is 6.65. The number of phenolic OH excluding ortho intramolecular Hbond substituents is 1. The lowest BCUT2D eigenvalue weighted by molar-refractivity contribution is -0.143. The Morgan fingerprint density at radius 3 is 1.80 bits per heavy atom. The van der Waals surface area contributed by atoms with Crippen LogP contribution in [0.1, 0.15) is 53.5 Å². The summed E-state index contributed by atoms with van der Waals surface area (Å²) >= 11 is 0. The number of hydrogen-bond acceptors (Lipinski definition) is 6. The van der Waals surface area contributed by atoms with Crippen molar-refractivity contribution in [2.24, 2.45) is 23.5 Å². The highest BCUT2D eigenvalue weighted by Crippen LogP contribution is 2.13. The van der Waals surface area contributed by atoms with Crippen LogP contribution in [0.15, 0.2) is 24.3 Å². The van der Waals surface area contributed by atoms with Crippen molar-refractivity contribution in [1.29, 1.82) is 0 Å². The van der Waals surface area contributed by atoms with Gasteiger partial charge in [-0.25, -0.2) is 4.79 Å². The molecule has 0 bridgehead atoms. The largest absolute Gasteiger partial charge is 0.508 e. The van der Waals surface area contributed by atoms with Gasteiger partial charge in [0.25, 0.3) is 0 Å². The number of amides is 3. The highest BCUT2D eigenvalue weighted by Gasteiger charge is 2.33. The number of rotatable bonds is 13. The van der Waals surface area contributed by atoms with Gasteiger partial charge in [-0.15, -0.1) is 0 Å². The van der Waals surface area contributed by atoms with Gasteiger partial charge in [-0.2, -0.15) is 0 Å². The van der Waals surface area contributed by atoms with Crippen LogP contribution in [0, 0.1) is 17.8 Å². The topological polar surface area (TPSA) is 171 Å². The Balaban J connectivity index is 3.14. The lowest BCUT2D eigenvalue weighted by Gasteiger charge is -2.28. The highest BCUT2D eigenvalue weighted by molar-refractivity contribution is 5.94. The van der Waals surface area contributed by atoms with Crippen LogP contribution in [0.25, 0.3) is 0 Å². The molecular formula is C25H40N4O6. The predicted octanol–water partition coefficient (Wildman–Crippen LogP) is 1.16. The van der Waals surface area contributed by atoms with E-state index in [1.807, 2.05) is 13.8 Å². The van der Waals surface area contributed by atoms with Crippen LogP contribution in [0.3, 0.4) is 0 Å². The maximum Gasteiger partial charge on any atom is 0.326 e. The zero-order valence-corrected chi connectivity index (χ0v) is 21.4. The number of nitrogens with one attached hydrogen (secondary N) is 3. The molecule has 0 aliphatic rings. The number of benzene rings is 1. The van der Waals surface area contributed by atoms with Gasteiger partial charge in [-0.3, -0.25) is 14.4 Å². The smallest absolute Gasteiger partial charge is 0.326 e. The summed E-state index contributed by atoms with van der Waals surface area (Å²) in [5.74, 6) is -3.62. The van der Waals surface area contributed by atoms with E-state index in [9.17, 15) is 29.4 Å². The molecule has 1 rings (SSSR count). The summed E-state index contributed by atoms with van der Waals surface area (Å²) in [4.78, 5) is 50.5. The Labute approximate surface area is 207 Å². The second kappa shape index (κ2) is 13.7. The third kappa shape index (κ3) is 9.20. The number of nitrogens with two attached hydrogens (primary N) is 1. The summed E-state index contributed by atoms with van der Waals surface area (Å²) in [7, 11) is 0. The molecule has 0 aliphatic heterocycles. The van der Waals surface area contributed by atoms with E-state index in [0.717, 1.165) is 0 Å². The van der Waals surface area contributed by atoms with Crippen molar-refractivity contribution in [1.82, 2.24) is 16.0 Å². The molecule has 1 aromatic rings. The van der Waals surface area contributed by atoms with Crippen molar-refractivity contribution in [3.63, 3.8) is 0 Å². The fourth-order valence-corrected chi connectivity index (χ4v) is 3.40. The molecular weight excluding hydrogens is 452 g/mol. The second-order valence-corrected chi connectivity index (χ2v) is 9.64. The number of carbonyl (C=O) groups excluding carboxylic acids is 3. The Hall–Kier alpha value is -3.14. The molecule has 5 unspecified atom stereocenters. The van der Waals surface area contributed by atoms with E-state index < -0.39 is 47.9 Å². The lowest BCUT2D eigenvalue weighted by Crippen LogP contribution is -2.59. The van der Waals surface area contributed by atoms with Crippen LogP contribution in [0.2, 0.25) is 0 Å². The van der Waals surface area contributed by atoms with Gasteiger partial charge < -0.3 is 31.9 Å². The first-order valence-electron chi connectivity index (χ1n) is 12.0. The third-order valence-electron chi connectivity index (χ3n) is 6.05. The molecule has 0 spiro atoms. The highest BCUT2D eigenvalue weighted by atomic mass is 16.4. The van der Waals surface area contributed by atoms with E-state index in [4.69, 9.17) is 5.73 Å². The standard InChI is InChI=1S/C25H40N4O6/c1-7-15(6)19(26)23(32)28-20(13(2)3)24(33)27-18(12-16-8-10-17(30)11-9-16)22(31)29-21(14(4)5)25(34)35/h8-11,13-15,18-21,30H,7,12,26H2,1-6H3,(H,27,33)(H,28,32)(H,29,31)(H,34,35). The molecule has 0 fully saturated rings. The minimum absolute atomic E-state index is 0.0461. The monoisotopic (exact) mass is 492 g/mol. The molecule has 7 N–H and O–H groups in total. The van der Waals surface area contributed by atoms with Crippen LogP contribution in [0.5, 0.6) is 5.75 Å². The summed E-state index contributed by atoms with van der Waals surface area (Å²) < 4.78 is 0. The molecule has 0 saturated carbocycles. The molecule has 0 aliphatic carbocycles. The first kappa shape index (κ1) is 29.9. The van der Waals surface area contributed by atoms with Crippen molar-refractivity contribution < 1.29 is 29.4 Å². The Bertz CT molecular complexity index is 871. The number of phenols is 1. The van der Waals surface area contributed by atoms with Crippen molar-refractivity contribution in [2.45, 2.75) is 78.6 Å². The first-order chi connectivity index (χ1) is 16.3. The molecule has 35 heavy (non-hydrogen) atoms. The number of aliphatic carboxylic acids is 1. The van der Waals surface area contributed by atoms with Gasteiger partial charge in [0.15, 0.2) is 0 Å². The number of carboxylic acids is 1. The van der Waals surface area contributed by atoms with Crippen molar-refractivity contribution in [2.75, 3.05) is 0 Å².